The summed E-state index contributed by atoms with van der Waals surface area (Å²) in [6.07, 6.45) is 12.6. The maximum atomic E-state index is 10.1. The summed E-state index contributed by atoms with van der Waals surface area (Å²) in [5.41, 5.74) is 0.579. The van der Waals surface area contributed by atoms with Crippen molar-refractivity contribution in [2.45, 2.75) is 51.6 Å². The minimum absolute atomic E-state index is 0.0909. The zero-order chi connectivity index (χ0) is 10.7. The molecule has 15 heavy (non-hydrogen) atoms. The molecule has 0 spiro atoms. The molecule has 4 bridgehead atoms. The number of aliphatic hydroxyl groups excluding tert-OH is 1. The van der Waals surface area contributed by atoms with E-state index in [1.54, 1.807) is 0 Å². The predicted octanol–water partition coefficient (Wildman–Crippen LogP) is 2.59. The molecule has 0 aromatic carbocycles. The van der Waals surface area contributed by atoms with Gasteiger partial charge in [0.15, 0.2) is 0 Å². The Balaban J connectivity index is 1.96. The fourth-order valence-corrected chi connectivity index (χ4v) is 5.29. The first-order valence-electron chi connectivity index (χ1n) is 6.20. The van der Waals surface area contributed by atoms with Gasteiger partial charge < -0.3 is 5.11 Å². The summed E-state index contributed by atoms with van der Waals surface area (Å²) in [6, 6.07) is 0. The highest BCUT2D eigenvalue weighted by Gasteiger charge is 2.57. The zero-order valence-electron chi connectivity index (χ0n) is 9.50. The number of hydrogen-bond donors (Lipinski definition) is 1. The first-order valence-corrected chi connectivity index (χ1v) is 6.20. The summed E-state index contributed by atoms with van der Waals surface area (Å²) in [5, 5.41) is 10.1. The second-order valence-corrected chi connectivity index (χ2v) is 6.70. The highest BCUT2D eigenvalue weighted by Crippen LogP contribution is 2.65. The summed E-state index contributed by atoms with van der Waals surface area (Å²) in [4.78, 5) is 0. The van der Waals surface area contributed by atoms with Gasteiger partial charge in [0.2, 0.25) is 0 Å². The van der Waals surface area contributed by atoms with Crippen LogP contribution < -0.4 is 0 Å². The molecule has 0 aromatic rings. The van der Waals surface area contributed by atoms with Crippen LogP contribution in [0.25, 0.3) is 0 Å². The second-order valence-electron chi connectivity index (χ2n) is 6.70. The summed E-state index contributed by atoms with van der Waals surface area (Å²) in [5.74, 6) is 4.29. The molecule has 0 radical (unpaired) electrons. The largest absolute Gasteiger partial charge is 0.380 e. The van der Waals surface area contributed by atoms with Crippen LogP contribution in [0.15, 0.2) is 0 Å². The average Bonchev–Trinajstić information content (AvgIpc) is 2.12. The van der Waals surface area contributed by atoms with Crippen LogP contribution in [-0.4, -0.2) is 11.2 Å². The molecule has 1 heteroatoms. The van der Waals surface area contributed by atoms with Crippen molar-refractivity contribution in [1.82, 2.24) is 0 Å². The molecule has 1 nitrogen and oxygen atoms in total. The monoisotopic (exact) mass is 204 g/mol. The first-order chi connectivity index (χ1) is 7.05. The van der Waals surface area contributed by atoms with E-state index >= 15 is 0 Å². The van der Waals surface area contributed by atoms with E-state index in [1.807, 2.05) is 0 Å². The van der Waals surface area contributed by atoms with Crippen molar-refractivity contribution in [1.29, 1.82) is 0 Å². The summed E-state index contributed by atoms with van der Waals surface area (Å²) in [6.45, 7) is 2.41. The van der Waals surface area contributed by atoms with Crippen molar-refractivity contribution < 1.29 is 5.11 Å². The molecule has 0 saturated heterocycles. The number of terminal acetylenes is 1. The summed E-state index contributed by atoms with van der Waals surface area (Å²) < 4.78 is 0. The Morgan fingerprint density at radius 3 is 2.33 bits per heavy atom. The standard InChI is InChI=1S/C14H20O/c1-3-12(15)14-7-10-4-11(8-14)6-13(2,5-10)9-14/h1,10-12,15H,4-9H2,2H3. The Bertz CT molecular complexity index is 311. The molecule has 3 atom stereocenters. The van der Waals surface area contributed by atoms with Gasteiger partial charge in [0, 0.05) is 5.41 Å². The van der Waals surface area contributed by atoms with Crippen LogP contribution in [0.5, 0.6) is 0 Å². The Kier molecular flexibility index (Phi) is 1.81. The quantitative estimate of drug-likeness (QED) is 0.651. The molecule has 0 heterocycles. The topological polar surface area (TPSA) is 20.2 Å². The van der Waals surface area contributed by atoms with E-state index in [0.717, 1.165) is 11.8 Å². The molecule has 4 aliphatic carbocycles. The van der Waals surface area contributed by atoms with Crippen molar-refractivity contribution in [3.63, 3.8) is 0 Å². The van der Waals surface area contributed by atoms with Gasteiger partial charge in [0.25, 0.3) is 0 Å². The molecule has 3 unspecified atom stereocenters. The van der Waals surface area contributed by atoms with E-state index in [-0.39, 0.29) is 5.41 Å². The van der Waals surface area contributed by atoms with E-state index < -0.39 is 6.10 Å². The highest BCUT2D eigenvalue weighted by molar-refractivity contribution is 5.14. The molecule has 4 aliphatic rings. The van der Waals surface area contributed by atoms with Crippen LogP contribution in [0.4, 0.5) is 0 Å². The lowest BCUT2D eigenvalue weighted by Gasteiger charge is -2.62. The fourth-order valence-electron chi connectivity index (χ4n) is 5.29. The molecular weight excluding hydrogens is 184 g/mol. The normalized spacial score (nSPS) is 53.9. The molecule has 0 aliphatic heterocycles. The van der Waals surface area contributed by atoms with Gasteiger partial charge in [-0.05, 0) is 55.8 Å². The lowest BCUT2D eigenvalue weighted by Crippen LogP contribution is -2.55. The molecule has 1 N–H and O–H groups in total. The summed E-state index contributed by atoms with van der Waals surface area (Å²) >= 11 is 0. The van der Waals surface area contributed by atoms with E-state index in [4.69, 9.17) is 6.42 Å². The lowest BCUT2D eigenvalue weighted by atomic mass is 9.43. The SMILES string of the molecule is C#CC(O)C12CC3CC(CC(C)(C3)C1)C2. The van der Waals surface area contributed by atoms with Crippen molar-refractivity contribution in [2.75, 3.05) is 0 Å². The van der Waals surface area contributed by atoms with Gasteiger partial charge >= 0.3 is 0 Å². The van der Waals surface area contributed by atoms with Gasteiger partial charge in [-0.1, -0.05) is 12.8 Å². The van der Waals surface area contributed by atoms with Crippen molar-refractivity contribution in [3.8, 4) is 12.3 Å². The minimum atomic E-state index is -0.497. The van der Waals surface area contributed by atoms with Gasteiger partial charge in [-0.15, -0.1) is 6.42 Å². The van der Waals surface area contributed by atoms with Crippen molar-refractivity contribution in [3.05, 3.63) is 0 Å². The van der Waals surface area contributed by atoms with Gasteiger partial charge in [-0.25, -0.2) is 0 Å². The average molecular weight is 204 g/mol. The smallest absolute Gasteiger partial charge is 0.120 e. The van der Waals surface area contributed by atoms with Crippen molar-refractivity contribution >= 4 is 0 Å². The zero-order valence-corrected chi connectivity index (χ0v) is 9.50. The Morgan fingerprint density at radius 2 is 1.87 bits per heavy atom. The number of rotatable bonds is 1. The lowest BCUT2D eigenvalue weighted by molar-refractivity contribution is -0.138. The van der Waals surface area contributed by atoms with Crippen LogP contribution in [-0.2, 0) is 0 Å². The Labute approximate surface area is 92.3 Å². The van der Waals surface area contributed by atoms with Crippen LogP contribution in [0.3, 0.4) is 0 Å². The Hall–Kier alpha value is -0.480. The third-order valence-corrected chi connectivity index (χ3v) is 5.14. The van der Waals surface area contributed by atoms with Crippen molar-refractivity contribution in [2.24, 2.45) is 22.7 Å². The second kappa shape index (κ2) is 2.80. The molecule has 4 fully saturated rings. The molecular formula is C14H20O. The third-order valence-electron chi connectivity index (χ3n) is 5.14. The number of hydrogen-bond acceptors (Lipinski definition) is 1. The molecule has 4 rings (SSSR count). The van der Waals surface area contributed by atoms with Gasteiger partial charge in [0.05, 0.1) is 0 Å². The van der Waals surface area contributed by atoms with Gasteiger partial charge in [-0.3, -0.25) is 0 Å². The fraction of sp³-hybridized carbons (Fsp3) is 0.857. The van der Waals surface area contributed by atoms with E-state index in [0.29, 0.717) is 5.41 Å². The van der Waals surface area contributed by atoms with E-state index in [9.17, 15) is 5.11 Å². The maximum Gasteiger partial charge on any atom is 0.120 e. The van der Waals surface area contributed by atoms with Crippen LogP contribution in [0, 0.1) is 35.0 Å². The van der Waals surface area contributed by atoms with Gasteiger partial charge in [-0.2, -0.15) is 0 Å². The molecule has 82 valence electrons. The minimum Gasteiger partial charge on any atom is -0.380 e. The molecule has 0 aromatic heterocycles. The summed E-state index contributed by atoms with van der Waals surface area (Å²) in [7, 11) is 0. The molecule has 4 saturated carbocycles. The van der Waals surface area contributed by atoms with Crippen LogP contribution in [0.1, 0.15) is 45.4 Å². The maximum absolute atomic E-state index is 10.1. The highest BCUT2D eigenvalue weighted by atomic mass is 16.3. The Morgan fingerprint density at radius 1 is 1.27 bits per heavy atom. The predicted molar refractivity (Wildman–Crippen MR) is 60.1 cm³/mol. The van der Waals surface area contributed by atoms with Crippen LogP contribution in [0.2, 0.25) is 0 Å². The first kappa shape index (κ1) is 9.73. The van der Waals surface area contributed by atoms with Gasteiger partial charge in [0.1, 0.15) is 6.10 Å². The van der Waals surface area contributed by atoms with Crippen LogP contribution >= 0.6 is 0 Å². The van der Waals surface area contributed by atoms with E-state index in [1.165, 1.54) is 38.5 Å². The number of aliphatic hydroxyl groups is 1. The molecule has 0 amide bonds. The van der Waals surface area contributed by atoms with E-state index in [2.05, 4.69) is 12.8 Å². The third kappa shape index (κ3) is 1.27.